The molecule has 1 aromatic rings. The van der Waals surface area contributed by atoms with Crippen LogP contribution >= 0.6 is 0 Å². The Hall–Kier alpha value is -2.02. The molecule has 1 aliphatic rings. The van der Waals surface area contributed by atoms with Crippen LogP contribution in [0.25, 0.3) is 0 Å². The standard InChI is InChI=1S/C19H18F6O/c1-12(14-6-4-3-5-7-14)11-26-13(2)15-8-16(18(20,21)22)10-17(9-15)19(23,24)25/h4,6-10,13H,1,3,5,11H2,2H3/t13-/m1/s1. The summed E-state index contributed by atoms with van der Waals surface area (Å²) in [7, 11) is 0. The molecular formula is C19H18F6O. The van der Waals surface area contributed by atoms with Crippen LogP contribution in [0.4, 0.5) is 26.3 Å². The van der Waals surface area contributed by atoms with Crippen molar-refractivity contribution in [2.24, 2.45) is 0 Å². The van der Waals surface area contributed by atoms with Crippen molar-refractivity contribution in [1.29, 1.82) is 0 Å². The van der Waals surface area contributed by atoms with Gasteiger partial charge in [-0.25, -0.2) is 0 Å². The van der Waals surface area contributed by atoms with E-state index in [1.165, 1.54) is 6.92 Å². The largest absolute Gasteiger partial charge is 0.416 e. The van der Waals surface area contributed by atoms with Crippen LogP contribution in [0.1, 0.15) is 42.6 Å². The zero-order valence-corrected chi connectivity index (χ0v) is 14.0. The molecule has 0 aromatic heterocycles. The van der Waals surface area contributed by atoms with E-state index in [1.54, 1.807) is 0 Å². The lowest BCUT2D eigenvalue weighted by Crippen LogP contribution is -2.13. The van der Waals surface area contributed by atoms with E-state index in [9.17, 15) is 26.3 Å². The predicted octanol–water partition coefficient (Wildman–Crippen LogP) is 6.63. The second kappa shape index (κ2) is 7.70. The maximum absolute atomic E-state index is 12.9. The van der Waals surface area contributed by atoms with Crippen LogP contribution in [-0.4, -0.2) is 6.61 Å². The third-order valence-electron chi connectivity index (χ3n) is 3.99. The monoisotopic (exact) mass is 376 g/mol. The minimum Gasteiger partial charge on any atom is -0.369 e. The molecule has 1 aliphatic carbocycles. The Balaban J connectivity index is 2.19. The van der Waals surface area contributed by atoms with Gasteiger partial charge < -0.3 is 4.74 Å². The molecule has 0 unspecified atom stereocenters. The van der Waals surface area contributed by atoms with Crippen LogP contribution in [0.3, 0.4) is 0 Å². The fraction of sp³-hybridized carbons (Fsp3) is 0.368. The van der Waals surface area contributed by atoms with Gasteiger partial charge >= 0.3 is 12.4 Å². The Labute approximate surface area is 147 Å². The highest BCUT2D eigenvalue weighted by Gasteiger charge is 2.37. The lowest BCUT2D eigenvalue weighted by atomic mass is 10.0. The normalized spacial score (nSPS) is 16.3. The van der Waals surface area contributed by atoms with Crippen molar-refractivity contribution >= 4 is 0 Å². The molecule has 26 heavy (non-hydrogen) atoms. The van der Waals surface area contributed by atoms with E-state index in [2.05, 4.69) is 6.58 Å². The molecule has 0 amide bonds. The Morgan fingerprint density at radius 2 is 1.62 bits per heavy atom. The van der Waals surface area contributed by atoms with Gasteiger partial charge in [-0.1, -0.05) is 24.8 Å². The number of rotatable bonds is 5. The fourth-order valence-corrected chi connectivity index (χ4v) is 2.49. The zero-order chi connectivity index (χ0) is 19.5. The summed E-state index contributed by atoms with van der Waals surface area (Å²) in [5.41, 5.74) is -1.41. The minimum absolute atomic E-state index is 0.00887. The maximum atomic E-state index is 12.9. The molecule has 0 radical (unpaired) electrons. The average Bonchev–Trinajstić information content (AvgIpc) is 2.58. The summed E-state index contributed by atoms with van der Waals surface area (Å²) in [6, 6.07) is 1.47. The molecule has 1 nitrogen and oxygen atoms in total. The third kappa shape index (κ3) is 5.24. The summed E-state index contributed by atoms with van der Waals surface area (Å²) < 4.78 is 83.0. The number of hydrogen-bond acceptors (Lipinski definition) is 1. The highest BCUT2D eigenvalue weighted by molar-refractivity contribution is 5.40. The average molecular weight is 376 g/mol. The van der Waals surface area contributed by atoms with Crippen molar-refractivity contribution in [3.05, 3.63) is 70.8 Å². The number of allylic oxidation sites excluding steroid dienone is 3. The molecule has 1 aromatic carbocycles. The molecule has 0 N–H and O–H groups in total. The van der Waals surface area contributed by atoms with Gasteiger partial charge in [0.2, 0.25) is 0 Å². The number of benzene rings is 1. The summed E-state index contributed by atoms with van der Waals surface area (Å²) in [4.78, 5) is 0. The first kappa shape index (κ1) is 20.3. The van der Waals surface area contributed by atoms with Gasteiger partial charge in [-0.3, -0.25) is 0 Å². The first-order valence-corrected chi connectivity index (χ1v) is 7.94. The lowest BCUT2D eigenvalue weighted by molar-refractivity contribution is -0.143. The van der Waals surface area contributed by atoms with E-state index < -0.39 is 29.6 Å². The molecule has 2 rings (SSSR count). The van der Waals surface area contributed by atoms with Gasteiger partial charge in [-0.05, 0) is 54.7 Å². The van der Waals surface area contributed by atoms with Gasteiger partial charge in [0, 0.05) is 0 Å². The summed E-state index contributed by atoms with van der Waals surface area (Å²) >= 11 is 0. The van der Waals surface area contributed by atoms with Crippen molar-refractivity contribution in [3.8, 4) is 0 Å². The van der Waals surface area contributed by atoms with Gasteiger partial charge in [0.05, 0.1) is 23.8 Å². The van der Waals surface area contributed by atoms with Crippen LogP contribution in [0.2, 0.25) is 0 Å². The topological polar surface area (TPSA) is 9.23 Å². The second-order valence-electron chi connectivity index (χ2n) is 6.04. The molecule has 0 bridgehead atoms. The quantitative estimate of drug-likeness (QED) is 0.524. The van der Waals surface area contributed by atoms with Crippen molar-refractivity contribution in [2.45, 2.75) is 38.2 Å². The molecule has 0 saturated heterocycles. The van der Waals surface area contributed by atoms with E-state index in [1.807, 2.05) is 18.2 Å². The van der Waals surface area contributed by atoms with Crippen LogP contribution in [0.5, 0.6) is 0 Å². The first-order chi connectivity index (χ1) is 12.0. The summed E-state index contributed by atoms with van der Waals surface area (Å²) in [6.45, 7) is 5.27. The molecule has 0 spiro atoms. The van der Waals surface area contributed by atoms with E-state index in [-0.39, 0.29) is 18.2 Å². The Bertz CT molecular complexity index is 692. The smallest absolute Gasteiger partial charge is 0.369 e. The molecule has 142 valence electrons. The Morgan fingerprint density at radius 1 is 1.04 bits per heavy atom. The van der Waals surface area contributed by atoms with Crippen molar-refractivity contribution in [3.63, 3.8) is 0 Å². The van der Waals surface area contributed by atoms with Crippen molar-refractivity contribution in [1.82, 2.24) is 0 Å². The van der Waals surface area contributed by atoms with Gasteiger partial charge in [-0.15, -0.1) is 0 Å². The third-order valence-corrected chi connectivity index (χ3v) is 3.99. The fourth-order valence-electron chi connectivity index (χ4n) is 2.49. The van der Waals surface area contributed by atoms with E-state index in [0.717, 1.165) is 18.4 Å². The molecule has 0 heterocycles. The highest BCUT2D eigenvalue weighted by atomic mass is 19.4. The van der Waals surface area contributed by atoms with Gasteiger partial charge in [0.1, 0.15) is 0 Å². The van der Waals surface area contributed by atoms with Gasteiger partial charge in [0.15, 0.2) is 0 Å². The van der Waals surface area contributed by atoms with Crippen LogP contribution in [0.15, 0.2) is 54.2 Å². The molecule has 7 heteroatoms. The Morgan fingerprint density at radius 3 is 2.08 bits per heavy atom. The van der Waals surface area contributed by atoms with Crippen molar-refractivity contribution < 1.29 is 31.1 Å². The lowest BCUT2D eigenvalue weighted by Gasteiger charge is -2.19. The molecule has 0 fully saturated rings. The van der Waals surface area contributed by atoms with Crippen LogP contribution in [-0.2, 0) is 17.1 Å². The summed E-state index contributed by atoms with van der Waals surface area (Å²) in [6.07, 6.45) is -3.15. The summed E-state index contributed by atoms with van der Waals surface area (Å²) in [5.74, 6) is 0. The van der Waals surface area contributed by atoms with Gasteiger partial charge in [0.25, 0.3) is 0 Å². The number of ether oxygens (including phenoxy) is 1. The molecule has 0 aliphatic heterocycles. The number of hydrogen-bond donors (Lipinski definition) is 0. The predicted molar refractivity (Wildman–Crippen MR) is 86.4 cm³/mol. The van der Waals surface area contributed by atoms with Gasteiger partial charge in [-0.2, -0.15) is 26.3 Å². The molecule has 0 saturated carbocycles. The first-order valence-electron chi connectivity index (χ1n) is 7.94. The van der Waals surface area contributed by atoms with E-state index >= 15 is 0 Å². The Kier molecular flexibility index (Phi) is 6.01. The highest BCUT2D eigenvalue weighted by Crippen LogP contribution is 2.38. The van der Waals surface area contributed by atoms with Crippen LogP contribution in [0, 0.1) is 0 Å². The second-order valence-corrected chi connectivity index (χ2v) is 6.04. The summed E-state index contributed by atoms with van der Waals surface area (Å²) in [5, 5.41) is 0. The number of alkyl halides is 6. The van der Waals surface area contributed by atoms with E-state index in [4.69, 9.17) is 4.74 Å². The van der Waals surface area contributed by atoms with Crippen LogP contribution < -0.4 is 0 Å². The minimum atomic E-state index is -4.88. The number of halogens is 6. The molecular weight excluding hydrogens is 358 g/mol. The SMILES string of the molecule is C=C(CO[C@H](C)c1cc(C(F)(F)F)cc(C(F)(F)F)c1)C1=CCCC=C1. The zero-order valence-electron chi connectivity index (χ0n) is 14.0. The van der Waals surface area contributed by atoms with E-state index in [0.29, 0.717) is 17.7 Å². The molecule has 1 atom stereocenters. The maximum Gasteiger partial charge on any atom is 0.416 e. The van der Waals surface area contributed by atoms with Crippen molar-refractivity contribution in [2.75, 3.05) is 6.61 Å².